The molecule has 0 heterocycles. The monoisotopic (exact) mass is 528 g/mol. The van der Waals surface area contributed by atoms with Crippen LogP contribution < -0.4 is 21.7 Å². The summed E-state index contributed by atoms with van der Waals surface area (Å²) >= 11 is 6.34. The van der Waals surface area contributed by atoms with Crippen molar-refractivity contribution < 1.29 is 28.0 Å². The van der Waals surface area contributed by atoms with Crippen LogP contribution in [0.25, 0.3) is 0 Å². The molecule has 0 spiro atoms. The molecule has 0 aliphatic heterocycles. The van der Waals surface area contributed by atoms with Crippen molar-refractivity contribution in [2.75, 3.05) is 18.4 Å². The molecule has 0 saturated heterocycles. The van der Waals surface area contributed by atoms with Gasteiger partial charge in [0.1, 0.15) is 11.6 Å². The second-order valence-electron chi connectivity index (χ2n) is 8.05. The van der Waals surface area contributed by atoms with Crippen molar-refractivity contribution in [2.24, 2.45) is 5.73 Å². The number of carbonyl (C=O) groups excluding carboxylic acids is 4. The third kappa shape index (κ3) is 7.34. The number of nitrogens with two attached hydrogens (primary N) is 1. The summed E-state index contributed by atoms with van der Waals surface area (Å²) in [4.78, 5) is 48.3. The summed E-state index contributed by atoms with van der Waals surface area (Å²) in [6.45, 7) is 1.42. The number of ketones is 1. The summed E-state index contributed by atoms with van der Waals surface area (Å²) < 4.78 is 27.1. The Labute approximate surface area is 216 Å². The lowest BCUT2D eigenvalue weighted by molar-refractivity contribution is -0.120. The number of hydrogen-bond acceptors (Lipinski definition) is 5. The first-order valence-corrected chi connectivity index (χ1v) is 11.4. The number of anilines is 2. The average molecular weight is 529 g/mol. The van der Waals surface area contributed by atoms with Gasteiger partial charge in [-0.25, -0.2) is 8.78 Å². The fourth-order valence-electron chi connectivity index (χ4n) is 3.33. The number of benzene rings is 3. The molecule has 0 radical (unpaired) electrons. The van der Waals surface area contributed by atoms with Gasteiger partial charge < -0.3 is 21.7 Å². The SMILES string of the molecule is Cc1ccc(C(=O)NCC(=O)NCCC(N)=O)cc1C(=O)c1ccc(Nc2ccc(F)cc2F)cc1Cl. The van der Waals surface area contributed by atoms with Gasteiger partial charge in [-0.3, -0.25) is 19.2 Å². The molecule has 0 aromatic heterocycles. The summed E-state index contributed by atoms with van der Waals surface area (Å²) in [5.41, 5.74) is 6.55. The molecule has 0 atom stereocenters. The molecular weight excluding hydrogens is 506 g/mol. The molecule has 8 nitrogen and oxygen atoms in total. The Hall–Kier alpha value is -4.31. The van der Waals surface area contributed by atoms with E-state index in [1.165, 1.54) is 36.4 Å². The molecule has 3 amide bonds. The number of primary amides is 1. The van der Waals surface area contributed by atoms with Crippen molar-refractivity contribution in [3.05, 3.63) is 93.5 Å². The van der Waals surface area contributed by atoms with E-state index in [1.807, 2.05) is 0 Å². The van der Waals surface area contributed by atoms with E-state index >= 15 is 0 Å². The molecule has 192 valence electrons. The van der Waals surface area contributed by atoms with E-state index in [0.29, 0.717) is 11.3 Å². The van der Waals surface area contributed by atoms with Gasteiger partial charge in [0.25, 0.3) is 5.91 Å². The molecule has 5 N–H and O–H groups in total. The first kappa shape index (κ1) is 27.3. The molecule has 3 aromatic rings. The Balaban J connectivity index is 1.71. The van der Waals surface area contributed by atoms with Crippen molar-refractivity contribution in [3.8, 4) is 0 Å². The second-order valence-corrected chi connectivity index (χ2v) is 8.46. The van der Waals surface area contributed by atoms with Crippen molar-refractivity contribution in [1.29, 1.82) is 0 Å². The Morgan fingerprint density at radius 1 is 0.919 bits per heavy atom. The van der Waals surface area contributed by atoms with Crippen molar-refractivity contribution in [2.45, 2.75) is 13.3 Å². The first-order chi connectivity index (χ1) is 17.5. The highest BCUT2D eigenvalue weighted by Crippen LogP contribution is 2.28. The molecule has 0 saturated carbocycles. The Morgan fingerprint density at radius 3 is 2.35 bits per heavy atom. The Kier molecular flexibility index (Phi) is 8.91. The van der Waals surface area contributed by atoms with Gasteiger partial charge in [0.2, 0.25) is 11.8 Å². The summed E-state index contributed by atoms with van der Waals surface area (Å²) in [5.74, 6) is -3.58. The lowest BCUT2D eigenvalue weighted by Crippen LogP contribution is -2.38. The molecule has 37 heavy (non-hydrogen) atoms. The number of carbonyl (C=O) groups is 4. The maximum Gasteiger partial charge on any atom is 0.251 e. The van der Waals surface area contributed by atoms with E-state index in [9.17, 15) is 28.0 Å². The van der Waals surface area contributed by atoms with E-state index in [-0.39, 0.29) is 46.9 Å². The Bertz CT molecular complexity index is 1380. The maximum absolute atomic E-state index is 13.9. The summed E-state index contributed by atoms with van der Waals surface area (Å²) in [6, 6.07) is 12.0. The molecule has 0 aliphatic carbocycles. The van der Waals surface area contributed by atoms with Gasteiger partial charge in [-0.1, -0.05) is 17.7 Å². The zero-order chi connectivity index (χ0) is 27.1. The van der Waals surface area contributed by atoms with Crippen LogP contribution in [0, 0.1) is 18.6 Å². The van der Waals surface area contributed by atoms with Crippen LogP contribution in [0.5, 0.6) is 0 Å². The molecule has 3 aromatic carbocycles. The van der Waals surface area contributed by atoms with Gasteiger partial charge in [0.15, 0.2) is 5.78 Å². The van der Waals surface area contributed by atoms with Crippen LogP contribution in [0.3, 0.4) is 0 Å². The van der Waals surface area contributed by atoms with Crippen LogP contribution in [0.1, 0.15) is 38.3 Å². The van der Waals surface area contributed by atoms with E-state index < -0.39 is 35.1 Å². The minimum Gasteiger partial charge on any atom is -0.370 e. The van der Waals surface area contributed by atoms with Crippen LogP contribution in [-0.2, 0) is 9.59 Å². The average Bonchev–Trinajstić information content (AvgIpc) is 2.84. The highest BCUT2D eigenvalue weighted by Gasteiger charge is 2.18. The highest BCUT2D eigenvalue weighted by atomic mass is 35.5. The quantitative estimate of drug-likeness (QED) is 0.299. The van der Waals surface area contributed by atoms with E-state index in [4.69, 9.17) is 17.3 Å². The van der Waals surface area contributed by atoms with Crippen molar-refractivity contribution in [3.63, 3.8) is 0 Å². The van der Waals surface area contributed by atoms with Crippen LogP contribution in [0.15, 0.2) is 54.6 Å². The first-order valence-electron chi connectivity index (χ1n) is 11.1. The maximum atomic E-state index is 13.9. The number of rotatable bonds is 10. The summed E-state index contributed by atoms with van der Waals surface area (Å²) in [7, 11) is 0. The normalized spacial score (nSPS) is 10.5. The third-order valence-corrected chi connectivity index (χ3v) is 5.58. The highest BCUT2D eigenvalue weighted by molar-refractivity contribution is 6.35. The van der Waals surface area contributed by atoms with E-state index in [0.717, 1.165) is 12.1 Å². The number of nitrogens with one attached hydrogen (secondary N) is 3. The van der Waals surface area contributed by atoms with Crippen molar-refractivity contribution >= 4 is 46.5 Å². The Morgan fingerprint density at radius 2 is 1.68 bits per heavy atom. The van der Waals surface area contributed by atoms with Crippen LogP contribution >= 0.6 is 11.6 Å². The van der Waals surface area contributed by atoms with Gasteiger partial charge in [-0.05, 0) is 55.0 Å². The molecule has 0 fully saturated rings. The van der Waals surface area contributed by atoms with Gasteiger partial charge >= 0.3 is 0 Å². The van der Waals surface area contributed by atoms with Crippen LogP contribution in [-0.4, -0.2) is 36.6 Å². The van der Waals surface area contributed by atoms with Gasteiger partial charge in [0.05, 0.1) is 17.3 Å². The molecular formula is C26H23ClF2N4O4. The van der Waals surface area contributed by atoms with Gasteiger partial charge in [-0.2, -0.15) is 0 Å². The van der Waals surface area contributed by atoms with Crippen LogP contribution in [0.4, 0.5) is 20.2 Å². The molecule has 0 unspecified atom stereocenters. The minimum atomic E-state index is -0.787. The topological polar surface area (TPSA) is 130 Å². The number of amides is 3. The summed E-state index contributed by atoms with van der Waals surface area (Å²) in [5, 5.41) is 7.75. The number of aryl methyl sites for hydroxylation is 1. The molecule has 3 rings (SSSR count). The standard InChI is InChI=1S/C26H23ClF2N4O4/c1-14-2-3-15(26(37)32-13-24(35)31-9-8-23(30)34)10-19(14)25(36)18-6-5-17(12-20(18)27)33-22-7-4-16(28)11-21(22)29/h2-7,10-12,33H,8-9,13H2,1H3,(H2,30,34)(H,31,35)(H,32,37). The lowest BCUT2D eigenvalue weighted by atomic mass is 9.96. The lowest BCUT2D eigenvalue weighted by Gasteiger charge is -2.12. The largest absolute Gasteiger partial charge is 0.370 e. The smallest absolute Gasteiger partial charge is 0.251 e. The predicted octanol–water partition coefficient (Wildman–Crippen LogP) is 3.62. The van der Waals surface area contributed by atoms with Gasteiger partial charge in [-0.15, -0.1) is 0 Å². The fraction of sp³-hybridized carbons (Fsp3) is 0.154. The van der Waals surface area contributed by atoms with Gasteiger partial charge in [0, 0.05) is 41.4 Å². The van der Waals surface area contributed by atoms with Crippen molar-refractivity contribution in [1.82, 2.24) is 10.6 Å². The zero-order valence-electron chi connectivity index (χ0n) is 19.7. The molecule has 11 heteroatoms. The molecule has 0 aliphatic rings. The third-order valence-electron chi connectivity index (χ3n) is 5.27. The fourth-order valence-corrected chi connectivity index (χ4v) is 3.59. The predicted molar refractivity (Wildman–Crippen MR) is 135 cm³/mol. The summed E-state index contributed by atoms with van der Waals surface area (Å²) in [6.07, 6.45) is -0.0220. The van der Waals surface area contributed by atoms with E-state index in [1.54, 1.807) is 13.0 Å². The minimum absolute atomic E-state index is 0.0220. The molecule has 0 bridgehead atoms. The number of halogens is 3. The zero-order valence-corrected chi connectivity index (χ0v) is 20.4. The van der Waals surface area contributed by atoms with E-state index in [2.05, 4.69) is 16.0 Å². The second kappa shape index (κ2) is 12.1. The van der Waals surface area contributed by atoms with Crippen LogP contribution in [0.2, 0.25) is 5.02 Å². The number of hydrogen-bond donors (Lipinski definition) is 4.